The summed E-state index contributed by atoms with van der Waals surface area (Å²) in [7, 11) is 1.32. The molecule has 2 amide bonds. The fourth-order valence-electron chi connectivity index (χ4n) is 2.43. The minimum Gasteiger partial charge on any atom is -0.465 e. The molecule has 0 bridgehead atoms. The maximum Gasteiger partial charge on any atom is 0.337 e. The summed E-state index contributed by atoms with van der Waals surface area (Å²) in [5, 5.41) is 5.62. The van der Waals surface area contributed by atoms with Crippen molar-refractivity contribution in [3.8, 4) is 0 Å². The molecule has 0 atom stereocenters. The number of rotatable bonds is 5. The van der Waals surface area contributed by atoms with Gasteiger partial charge in [-0.2, -0.15) is 0 Å². The van der Waals surface area contributed by atoms with E-state index >= 15 is 0 Å². The number of amides is 2. The lowest BCUT2D eigenvalue weighted by atomic mass is 9.84. The van der Waals surface area contributed by atoms with Crippen molar-refractivity contribution < 1.29 is 14.3 Å². The number of hydrogen-bond acceptors (Lipinski definition) is 3. The molecule has 2 rings (SSSR count). The van der Waals surface area contributed by atoms with Crippen molar-refractivity contribution >= 4 is 17.7 Å². The van der Waals surface area contributed by atoms with E-state index in [9.17, 15) is 9.59 Å². The molecule has 0 radical (unpaired) electrons. The molecule has 132 valence electrons. The van der Waals surface area contributed by atoms with Crippen LogP contribution in [0, 0.1) is 6.92 Å². The summed E-state index contributed by atoms with van der Waals surface area (Å²) in [6.07, 6.45) is 0. The van der Waals surface area contributed by atoms with E-state index in [1.807, 2.05) is 6.92 Å². The molecule has 0 saturated heterocycles. The molecular weight excluding hydrogens is 316 g/mol. The highest BCUT2D eigenvalue weighted by molar-refractivity contribution is 5.93. The maximum atomic E-state index is 12.2. The second-order valence-corrected chi connectivity index (χ2v) is 6.63. The number of aryl methyl sites for hydroxylation is 1. The molecule has 2 aromatic rings. The molecule has 0 heterocycles. The number of carbonyl (C=O) groups is 2. The van der Waals surface area contributed by atoms with Crippen LogP contribution in [0.25, 0.3) is 0 Å². The average molecular weight is 340 g/mol. The number of carbonyl (C=O) groups excluding carboxylic acids is 2. The van der Waals surface area contributed by atoms with E-state index in [4.69, 9.17) is 0 Å². The van der Waals surface area contributed by atoms with Crippen molar-refractivity contribution in [2.45, 2.75) is 26.2 Å². The molecule has 2 N–H and O–H groups in total. The van der Waals surface area contributed by atoms with Crippen LogP contribution < -0.4 is 10.6 Å². The van der Waals surface area contributed by atoms with Crippen LogP contribution in [-0.4, -0.2) is 25.7 Å². The van der Waals surface area contributed by atoms with E-state index < -0.39 is 5.97 Å². The summed E-state index contributed by atoms with van der Waals surface area (Å²) in [5.41, 5.74) is 3.09. The lowest BCUT2D eigenvalue weighted by molar-refractivity contribution is 0.0600. The molecule has 0 aliphatic carbocycles. The third-order valence-corrected chi connectivity index (χ3v) is 4.07. The summed E-state index contributed by atoms with van der Waals surface area (Å²) < 4.78 is 4.68. The fourth-order valence-corrected chi connectivity index (χ4v) is 2.43. The molecule has 5 heteroatoms. The summed E-state index contributed by atoms with van der Waals surface area (Å²) in [4.78, 5) is 23.7. The number of anilines is 1. The Kier molecular flexibility index (Phi) is 5.80. The smallest absolute Gasteiger partial charge is 0.337 e. The van der Waals surface area contributed by atoms with Crippen LogP contribution in [0.5, 0.6) is 0 Å². The third kappa shape index (κ3) is 5.08. The van der Waals surface area contributed by atoms with Crippen LogP contribution in [0.3, 0.4) is 0 Å². The molecule has 25 heavy (non-hydrogen) atoms. The van der Waals surface area contributed by atoms with Crippen molar-refractivity contribution in [2.24, 2.45) is 0 Å². The fraction of sp³-hybridized carbons (Fsp3) is 0.300. The van der Waals surface area contributed by atoms with Crippen molar-refractivity contribution in [3.05, 3.63) is 65.2 Å². The number of hydrogen-bond donors (Lipinski definition) is 2. The molecule has 0 aromatic heterocycles. The summed E-state index contributed by atoms with van der Waals surface area (Å²) in [6, 6.07) is 14.6. The van der Waals surface area contributed by atoms with E-state index in [0.717, 1.165) is 5.56 Å². The number of benzene rings is 2. The predicted octanol–water partition coefficient (Wildman–Crippen LogP) is 3.88. The van der Waals surface area contributed by atoms with Gasteiger partial charge >= 0.3 is 12.0 Å². The molecule has 2 aromatic carbocycles. The van der Waals surface area contributed by atoms with E-state index in [1.54, 1.807) is 24.3 Å². The Morgan fingerprint density at radius 3 is 2.40 bits per heavy atom. The number of esters is 1. The molecule has 0 aliphatic rings. The Morgan fingerprint density at radius 1 is 1.08 bits per heavy atom. The van der Waals surface area contributed by atoms with Gasteiger partial charge in [-0.05, 0) is 30.7 Å². The molecule has 0 spiro atoms. The minimum atomic E-state index is -0.440. The zero-order valence-corrected chi connectivity index (χ0v) is 15.1. The summed E-state index contributed by atoms with van der Waals surface area (Å²) >= 11 is 0. The van der Waals surface area contributed by atoms with Crippen LogP contribution in [0.4, 0.5) is 10.5 Å². The predicted molar refractivity (Wildman–Crippen MR) is 99.0 cm³/mol. The van der Waals surface area contributed by atoms with Crippen molar-refractivity contribution in [3.63, 3.8) is 0 Å². The zero-order chi connectivity index (χ0) is 18.4. The largest absolute Gasteiger partial charge is 0.465 e. The van der Waals surface area contributed by atoms with E-state index in [1.165, 1.54) is 12.7 Å². The normalized spacial score (nSPS) is 10.9. The van der Waals surface area contributed by atoms with Crippen LogP contribution in [-0.2, 0) is 10.2 Å². The monoisotopic (exact) mass is 340 g/mol. The highest BCUT2D eigenvalue weighted by Gasteiger charge is 2.21. The lowest BCUT2D eigenvalue weighted by Crippen LogP contribution is -2.39. The van der Waals surface area contributed by atoms with Gasteiger partial charge in [-0.3, -0.25) is 0 Å². The van der Waals surface area contributed by atoms with Gasteiger partial charge in [0.2, 0.25) is 0 Å². The van der Waals surface area contributed by atoms with Gasteiger partial charge < -0.3 is 15.4 Å². The number of ether oxygens (including phenoxy) is 1. The van der Waals surface area contributed by atoms with Gasteiger partial charge in [0.1, 0.15) is 0 Å². The lowest BCUT2D eigenvalue weighted by Gasteiger charge is -2.26. The molecule has 0 unspecified atom stereocenters. The van der Waals surface area contributed by atoms with E-state index in [0.29, 0.717) is 17.8 Å². The SMILES string of the molecule is COC(=O)c1cccc(NC(=O)NCC(C)(C)c2ccc(C)cc2)c1. The quantitative estimate of drug-likeness (QED) is 0.812. The molecular formula is C20H24N2O3. The molecule has 5 nitrogen and oxygen atoms in total. The number of urea groups is 1. The number of methoxy groups -OCH3 is 1. The maximum absolute atomic E-state index is 12.2. The Hall–Kier alpha value is -2.82. The first-order valence-corrected chi connectivity index (χ1v) is 8.12. The van der Waals surface area contributed by atoms with Crippen molar-refractivity contribution in [2.75, 3.05) is 19.0 Å². The summed E-state index contributed by atoms with van der Waals surface area (Å²) in [5.74, 6) is -0.440. The molecule has 0 fully saturated rings. The van der Waals surface area contributed by atoms with Gasteiger partial charge in [0.05, 0.1) is 12.7 Å². The van der Waals surface area contributed by atoms with Gasteiger partial charge in [0.15, 0.2) is 0 Å². The summed E-state index contributed by atoms with van der Waals surface area (Å²) in [6.45, 7) is 6.69. The Balaban J connectivity index is 1.96. The topological polar surface area (TPSA) is 67.4 Å². The van der Waals surface area contributed by atoms with Crippen LogP contribution >= 0.6 is 0 Å². The Labute approximate surface area is 148 Å². The molecule has 0 saturated carbocycles. The average Bonchev–Trinajstić information content (AvgIpc) is 2.60. The first-order chi connectivity index (χ1) is 11.8. The minimum absolute atomic E-state index is 0.196. The highest BCUT2D eigenvalue weighted by Crippen LogP contribution is 2.22. The number of nitrogens with one attached hydrogen (secondary N) is 2. The standard InChI is InChI=1S/C20H24N2O3/c1-14-8-10-16(11-9-14)20(2,3)13-21-19(24)22-17-7-5-6-15(12-17)18(23)25-4/h5-12H,13H2,1-4H3,(H2,21,22,24). The van der Waals surface area contributed by atoms with Crippen LogP contribution in [0.15, 0.2) is 48.5 Å². The zero-order valence-electron chi connectivity index (χ0n) is 15.1. The second-order valence-electron chi connectivity index (χ2n) is 6.63. The third-order valence-electron chi connectivity index (χ3n) is 4.07. The first kappa shape index (κ1) is 18.5. The van der Waals surface area contributed by atoms with Crippen molar-refractivity contribution in [1.29, 1.82) is 0 Å². The Morgan fingerprint density at radius 2 is 1.76 bits per heavy atom. The second kappa shape index (κ2) is 7.83. The van der Waals surface area contributed by atoms with Gasteiger partial charge in [-0.1, -0.05) is 49.7 Å². The first-order valence-electron chi connectivity index (χ1n) is 8.12. The van der Waals surface area contributed by atoms with Crippen LogP contribution in [0.2, 0.25) is 0 Å². The van der Waals surface area contributed by atoms with Gasteiger partial charge in [0.25, 0.3) is 0 Å². The van der Waals surface area contributed by atoms with E-state index in [-0.39, 0.29) is 11.4 Å². The molecule has 0 aliphatic heterocycles. The van der Waals surface area contributed by atoms with Crippen LogP contribution in [0.1, 0.15) is 35.3 Å². The Bertz CT molecular complexity index is 752. The van der Waals surface area contributed by atoms with Crippen molar-refractivity contribution in [1.82, 2.24) is 5.32 Å². The van der Waals surface area contributed by atoms with Gasteiger partial charge in [-0.15, -0.1) is 0 Å². The highest BCUT2D eigenvalue weighted by atomic mass is 16.5. The van der Waals surface area contributed by atoms with Gasteiger partial charge in [-0.25, -0.2) is 9.59 Å². The van der Waals surface area contributed by atoms with E-state index in [2.05, 4.69) is 53.5 Å². The van der Waals surface area contributed by atoms with Gasteiger partial charge in [0, 0.05) is 17.6 Å².